The summed E-state index contributed by atoms with van der Waals surface area (Å²) >= 11 is 0. The highest BCUT2D eigenvalue weighted by molar-refractivity contribution is 5.97. The summed E-state index contributed by atoms with van der Waals surface area (Å²) in [5.41, 5.74) is 1.65. The van der Waals surface area contributed by atoms with Crippen molar-refractivity contribution in [2.24, 2.45) is 5.92 Å². The zero-order valence-corrected chi connectivity index (χ0v) is 13.8. The number of nitrogens with zero attached hydrogens (tertiary/aromatic N) is 1. The Kier molecular flexibility index (Phi) is 6.21. The number of carbonyl (C=O) groups is 1. The van der Waals surface area contributed by atoms with Gasteiger partial charge in [-0.15, -0.1) is 0 Å². The number of ether oxygens (including phenoxy) is 1. The molecule has 0 aromatic heterocycles. The van der Waals surface area contributed by atoms with Gasteiger partial charge in [0.2, 0.25) is 0 Å². The van der Waals surface area contributed by atoms with Crippen LogP contribution in [0.25, 0.3) is 0 Å². The number of nitro groups is 1. The molecule has 2 rings (SSSR count). The van der Waals surface area contributed by atoms with Crippen LogP contribution in [0.3, 0.4) is 0 Å². The molecule has 0 heterocycles. The normalized spacial score (nSPS) is 13.2. The fraction of sp³-hybridized carbons (Fsp3) is 0.316. The number of ketones is 1. The van der Waals surface area contributed by atoms with Gasteiger partial charge in [-0.25, -0.2) is 0 Å². The van der Waals surface area contributed by atoms with Crippen LogP contribution in [0.1, 0.15) is 36.2 Å². The van der Waals surface area contributed by atoms with Gasteiger partial charge in [-0.1, -0.05) is 37.3 Å². The molecular formula is C19H21NO4. The molecule has 0 saturated heterocycles. The van der Waals surface area contributed by atoms with Gasteiger partial charge in [-0.2, -0.15) is 0 Å². The largest absolute Gasteiger partial charge is 0.374 e. The van der Waals surface area contributed by atoms with E-state index >= 15 is 0 Å². The Morgan fingerprint density at radius 1 is 1.08 bits per heavy atom. The Hall–Kier alpha value is -2.53. The van der Waals surface area contributed by atoms with Crippen LogP contribution in [0, 0.1) is 16.0 Å². The molecule has 0 fully saturated rings. The lowest BCUT2D eigenvalue weighted by Crippen LogP contribution is -2.19. The number of carbonyl (C=O) groups excluding carboxylic acids is 1. The van der Waals surface area contributed by atoms with Crippen molar-refractivity contribution in [2.45, 2.75) is 33.0 Å². The molecule has 0 aliphatic heterocycles. The Balaban J connectivity index is 1.83. The lowest BCUT2D eigenvalue weighted by Gasteiger charge is -2.17. The van der Waals surface area contributed by atoms with Crippen LogP contribution in [0.2, 0.25) is 0 Å². The van der Waals surface area contributed by atoms with Gasteiger partial charge in [0, 0.05) is 23.6 Å². The van der Waals surface area contributed by atoms with Gasteiger partial charge in [0.1, 0.15) is 0 Å². The number of benzene rings is 2. The van der Waals surface area contributed by atoms with E-state index in [2.05, 4.69) is 0 Å². The summed E-state index contributed by atoms with van der Waals surface area (Å²) in [4.78, 5) is 22.5. The minimum Gasteiger partial charge on any atom is -0.374 e. The van der Waals surface area contributed by atoms with Gasteiger partial charge >= 0.3 is 0 Å². The molecule has 5 heteroatoms. The van der Waals surface area contributed by atoms with Gasteiger partial charge in [0.05, 0.1) is 17.6 Å². The van der Waals surface area contributed by atoms with Gasteiger partial charge in [-0.3, -0.25) is 14.9 Å². The van der Waals surface area contributed by atoms with Gasteiger partial charge in [0.25, 0.3) is 5.69 Å². The van der Waals surface area contributed by atoms with Crippen LogP contribution in [0.5, 0.6) is 0 Å². The van der Waals surface area contributed by atoms with Gasteiger partial charge in [-0.05, 0) is 31.0 Å². The first kappa shape index (κ1) is 17.8. The molecular weight excluding hydrogens is 306 g/mol. The van der Waals surface area contributed by atoms with E-state index in [0.29, 0.717) is 18.6 Å². The van der Waals surface area contributed by atoms with Crippen molar-refractivity contribution in [1.29, 1.82) is 0 Å². The van der Waals surface area contributed by atoms with Crippen LogP contribution in [0.15, 0.2) is 54.6 Å². The van der Waals surface area contributed by atoms with E-state index in [0.717, 1.165) is 5.56 Å². The molecule has 0 aliphatic rings. The molecule has 2 atom stereocenters. The Labute approximate surface area is 141 Å². The molecule has 5 nitrogen and oxygen atoms in total. The molecule has 24 heavy (non-hydrogen) atoms. The third-order valence-corrected chi connectivity index (χ3v) is 3.87. The molecule has 0 saturated carbocycles. The highest BCUT2D eigenvalue weighted by Crippen LogP contribution is 2.17. The number of nitro benzene ring substituents is 1. The minimum atomic E-state index is -0.426. The second kappa shape index (κ2) is 8.36. The average Bonchev–Trinajstić information content (AvgIpc) is 2.60. The van der Waals surface area contributed by atoms with Crippen LogP contribution < -0.4 is 0 Å². The maximum Gasteiger partial charge on any atom is 0.269 e. The number of hydrogen-bond donors (Lipinski definition) is 0. The van der Waals surface area contributed by atoms with Crippen molar-refractivity contribution < 1.29 is 14.5 Å². The van der Waals surface area contributed by atoms with Crippen LogP contribution in [0.4, 0.5) is 5.69 Å². The van der Waals surface area contributed by atoms with E-state index in [9.17, 15) is 14.9 Å². The Bertz CT molecular complexity index is 682. The van der Waals surface area contributed by atoms with Crippen LogP contribution >= 0.6 is 0 Å². The molecule has 2 aromatic rings. The predicted octanol–water partition coefficient (Wildman–Crippen LogP) is 4.41. The molecule has 0 spiro atoms. The summed E-state index contributed by atoms with van der Waals surface area (Å²) < 4.78 is 5.76. The number of non-ortho nitro benzene ring substituents is 1. The second-order valence-corrected chi connectivity index (χ2v) is 5.91. The highest BCUT2D eigenvalue weighted by atomic mass is 16.6. The summed E-state index contributed by atoms with van der Waals surface area (Å²) in [5, 5.41) is 10.6. The van der Waals surface area contributed by atoms with Crippen LogP contribution in [-0.2, 0) is 11.3 Å². The molecule has 0 radical (unpaired) electrons. The van der Waals surface area contributed by atoms with E-state index < -0.39 is 4.92 Å². The number of rotatable bonds is 8. The maximum absolute atomic E-state index is 12.3. The topological polar surface area (TPSA) is 69.4 Å². The predicted molar refractivity (Wildman–Crippen MR) is 91.9 cm³/mol. The van der Waals surface area contributed by atoms with Crippen LogP contribution in [-0.4, -0.2) is 16.8 Å². The number of hydrogen-bond acceptors (Lipinski definition) is 4. The quantitative estimate of drug-likeness (QED) is 0.409. The smallest absolute Gasteiger partial charge is 0.269 e. The Morgan fingerprint density at radius 3 is 2.29 bits per heavy atom. The Morgan fingerprint density at radius 2 is 1.71 bits per heavy atom. The molecule has 2 aromatic carbocycles. The fourth-order valence-electron chi connectivity index (χ4n) is 2.51. The highest BCUT2D eigenvalue weighted by Gasteiger charge is 2.18. The summed E-state index contributed by atoms with van der Waals surface area (Å²) in [7, 11) is 0. The lowest BCUT2D eigenvalue weighted by molar-refractivity contribution is -0.384. The summed E-state index contributed by atoms with van der Waals surface area (Å²) in [6.07, 6.45) is 0.545. The fourth-order valence-corrected chi connectivity index (χ4v) is 2.51. The van der Waals surface area contributed by atoms with Crippen molar-refractivity contribution in [3.05, 3.63) is 75.8 Å². The van der Waals surface area contributed by atoms with Crippen molar-refractivity contribution in [2.75, 3.05) is 0 Å². The standard InChI is InChI=1S/C19H21NO4/c1-14(19(21)17-6-4-3-5-7-17)12-15(2)24-13-16-8-10-18(11-9-16)20(22)23/h3-11,14-15H,12-13H2,1-2H3/t14-,15+/m1/s1. The van der Waals surface area contributed by atoms with Crippen molar-refractivity contribution in [3.8, 4) is 0 Å². The average molecular weight is 327 g/mol. The second-order valence-electron chi connectivity index (χ2n) is 5.91. The third kappa shape index (κ3) is 4.99. The maximum atomic E-state index is 12.3. The molecule has 0 unspecified atom stereocenters. The minimum absolute atomic E-state index is 0.0638. The van der Waals surface area contributed by atoms with E-state index in [-0.39, 0.29) is 23.5 Å². The summed E-state index contributed by atoms with van der Waals surface area (Å²) in [6, 6.07) is 15.5. The summed E-state index contributed by atoms with van der Waals surface area (Å²) in [5.74, 6) is -0.0133. The van der Waals surface area contributed by atoms with E-state index in [1.54, 1.807) is 12.1 Å². The summed E-state index contributed by atoms with van der Waals surface area (Å²) in [6.45, 7) is 4.20. The van der Waals surface area contributed by atoms with E-state index in [1.807, 2.05) is 44.2 Å². The molecule has 0 amide bonds. The van der Waals surface area contributed by atoms with Crippen molar-refractivity contribution >= 4 is 11.5 Å². The molecule has 126 valence electrons. The first-order valence-corrected chi connectivity index (χ1v) is 7.91. The molecule has 0 bridgehead atoms. The third-order valence-electron chi connectivity index (χ3n) is 3.87. The number of Topliss-reactive ketones (excluding diaryl/α,β-unsaturated/α-hetero) is 1. The van der Waals surface area contributed by atoms with Gasteiger partial charge in [0.15, 0.2) is 5.78 Å². The van der Waals surface area contributed by atoms with Crippen molar-refractivity contribution in [1.82, 2.24) is 0 Å². The zero-order valence-electron chi connectivity index (χ0n) is 13.8. The van der Waals surface area contributed by atoms with Gasteiger partial charge < -0.3 is 4.74 Å². The lowest BCUT2D eigenvalue weighted by atomic mass is 9.94. The van der Waals surface area contributed by atoms with E-state index in [1.165, 1.54) is 12.1 Å². The first-order chi connectivity index (χ1) is 11.5. The first-order valence-electron chi connectivity index (χ1n) is 7.91. The molecule has 0 aliphatic carbocycles. The SMILES string of the molecule is C[C@H](C[C@H](C)OCc1ccc([N+](=O)[O-])cc1)C(=O)c1ccccc1. The van der Waals surface area contributed by atoms with Crippen molar-refractivity contribution in [3.63, 3.8) is 0 Å². The monoisotopic (exact) mass is 327 g/mol. The van der Waals surface area contributed by atoms with E-state index in [4.69, 9.17) is 4.74 Å². The zero-order chi connectivity index (χ0) is 17.5. The molecule has 0 N–H and O–H groups in total.